The van der Waals surface area contributed by atoms with Crippen molar-refractivity contribution < 1.29 is 14.6 Å². The number of aliphatic hydroxyl groups excluding tert-OH is 1. The van der Waals surface area contributed by atoms with Gasteiger partial charge in [0, 0.05) is 6.42 Å². The molecular formula is C6H11IO3. The van der Waals surface area contributed by atoms with E-state index in [1.54, 1.807) is 0 Å². The van der Waals surface area contributed by atoms with Crippen molar-refractivity contribution in [3.8, 4) is 0 Å². The molecule has 0 amide bonds. The molecule has 0 heterocycles. The molecule has 0 spiro atoms. The summed E-state index contributed by atoms with van der Waals surface area (Å²) in [6, 6.07) is 0. The van der Waals surface area contributed by atoms with Gasteiger partial charge in [0.1, 0.15) is 0 Å². The fourth-order valence-corrected chi connectivity index (χ4v) is 0.669. The summed E-state index contributed by atoms with van der Waals surface area (Å²) in [5.41, 5.74) is 0. The minimum absolute atomic E-state index is 0.290. The van der Waals surface area contributed by atoms with Crippen molar-refractivity contribution in [1.82, 2.24) is 0 Å². The van der Waals surface area contributed by atoms with Crippen molar-refractivity contribution in [2.24, 2.45) is 0 Å². The van der Waals surface area contributed by atoms with Gasteiger partial charge in [0.05, 0.1) is 4.43 Å². The first-order valence-corrected chi connectivity index (χ1v) is 4.66. The van der Waals surface area contributed by atoms with Crippen molar-refractivity contribution in [2.75, 3.05) is 4.43 Å². The maximum Gasteiger partial charge on any atom is 0.318 e. The van der Waals surface area contributed by atoms with Crippen molar-refractivity contribution >= 4 is 28.6 Å². The highest BCUT2D eigenvalue weighted by molar-refractivity contribution is 14.1. The largest absolute Gasteiger partial charge is 0.435 e. The Morgan fingerprint density at radius 3 is 2.80 bits per heavy atom. The Bertz CT molecular complexity index is 105. The van der Waals surface area contributed by atoms with Gasteiger partial charge >= 0.3 is 5.97 Å². The molecular weight excluding hydrogens is 247 g/mol. The highest BCUT2D eigenvalue weighted by atomic mass is 127. The van der Waals surface area contributed by atoms with Gasteiger partial charge in [-0.25, -0.2) is 0 Å². The van der Waals surface area contributed by atoms with Crippen LogP contribution in [0.2, 0.25) is 0 Å². The monoisotopic (exact) mass is 258 g/mol. The molecule has 4 heteroatoms. The molecule has 10 heavy (non-hydrogen) atoms. The number of carbonyl (C=O) groups excluding carboxylic acids is 1. The van der Waals surface area contributed by atoms with E-state index in [9.17, 15) is 4.79 Å². The SMILES string of the molecule is CCCC(O)OC(=O)CI. The van der Waals surface area contributed by atoms with E-state index in [-0.39, 0.29) is 5.97 Å². The van der Waals surface area contributed by atoms with Gasteiger partial charge in [0.2, 0.25) is 6.29 Å². The quantitative estimate of drug-likeness (QED) is 0.355. The molecule has 1 atom stereocenters. The lowest BCUT2D eigenvalue weighted by Gasteiger charge is -2.08. The van der Waals surface area contributed by atoms with Crippen LogP contribution in [0.3, 0.4) is 0 Å². The number of rotatable bonds is 4. The topological polar surface area (TPSA) is 46.5 Å². The summed E-state index contributed by atoms with van der Waals surface area (Å²) < 4.78 is 4.84. The first-order chi connectivity index (χ1) is 4.70. The molecule has 60 valence electrons. The van der Waals surface area contributed by atoms with Crippen molar-refractivity contribution in [3.05, 3.63) is 0 Å². The number of aliphatic hydroxyl groups is 1. The van der Waals surface area contributed by atoms with Crippen LogP contribution >= 0.6 is 22.6 Å². The molecule has 0 fully saturated rings. The Balaban J connectivity index is 3.37. The second-order valence-electron chi connectivity index (χ2n) is 1.87. The zero-order valence-electron chi connectivity index (χ0n) is 5.84. The molecule has 0 radical (unpaired) electrons. The van der Waals surface area contributed by atoms with E-state index in [0.29, 0.717) is 10.8 Å². The predicted octanol–water partition coefficient (Wildman–Crippen LogP) is 1.08. The van der Waals surface area contributed by atoms with Crippen LogP contribution in [0.25, 0.3) is 0 Å². The maximum absolute atomic E-state index is 10.5. The normalized spacial score (nSPS) is 12.7. The van der Waals surface area contributed by atoms with E-state index in [2.05, 4.69) is 4.74 Å². The maximum atomic E-state index is 10.5. The fourth-order valence-electron chi connectivity index (χ4n) is 0.489. The van der Waals surface area contributed by atoms with Gasteiger partial charge in [-0.05, 0) is 0 Å². The first kappa shape index (κ1) is 10.2. The number of esters is 1. The zero-order valence-corrected chi connectivity index (χ0v) is 8.00. The summed E-state index contributed by atoms with van der Waals surface area (Å²) in [7, 11) is 0. The van der Waals surface area contributed by atoms with E-state index < -0.39 is 6.29 Å². The Kier molecular flexibility index (Phi) is 6.00. The van der Waals surface area contributed by atoms with Crippen LogP contribution in [0.5, 0.6) is 0 Å². The van der Waals surface area contributed by atoms with Crippen molar-refractivity contribution in [1.29, 1.82) is 0 Å². The summed E-state index contributed by atoms with van der Waals surface area (Å²) >= 11 is 1.89. The molecule has 0 aliphatic rings. The lowest BCUT2D eigenvalue weighted by Crippen LogP contribution is -2.17. The van der Waals surface area contributed by atoms with E-state index in [1.807, 2.05) is 29.5 Å². The Morgan fingerprint density at radius 2 is 2.40 bits per heavy atom. The molecule has 0 bridgehead atoms. The summed E-state index contributed by atoms with van der Waals surface area (Å²) in [5.74, 6) is -0.360. The van der Waals surface area contributed by atoms with E-state index in [1.165, 1.54) is 0 Å². The average Bonchev–Trinajstić information content (AvgIpc) is 1.88. The van der Waals surface area contributed by atoms with Crippen LogP contribution in [0, 0.1) is 0 Å². The molecule has 1 N–H and O–H groups in total. The second kappa shape index (κ2) is 5.91. The minimum atomic E-state index is -0.910. The van der Waals surface area contributed by atoms with Crippen LogP contribution in [-0.4, -0.2) is 21.8 Å². The van der Waals surface area contributed by atoms with E-state index in [0.717, 1.165) is 6.42 Å². The van der Waals surface area contributed by atoms with Gasteiger partial charge in [-0.3, -0.25) is 4.79 Å². The van der Waals surface area contributed by atoms with Crippen molar-refractivity contribution in [3.63, 3.8) is 0 Å². The average molecular weight is 258 g/mol. The molecule has 0 rings (SSSR count). The third-order valence-electron chi connectivity index (χ3n) is 0.912. The van der Waals surface area contributed by atoms with E-state index in [4.69, 9.17) is 5.11 Å². The van der Waals surface area contributed by atoms with Gasteiger partial charge < -0.3 is 9.84 Å². The van der Waals surface area contributed by atoms with Crippen LogP contribution < -0.4 is 0 Å². The van der Waals surface area contributed by atoms with Crippen LogP contribution in [0.1, 0.15) is 19.8 Å². The Labute approximate surface area is 73.9 Å². The molecule has 0 aromatic rings. The van der Waals surface area contributed by atoms with Gasteiger partial charge in [0.15, 0.2) is 0 Å². The summed E-state index contributed by atoms with van der Waals surface area (Å²) in [6.07, 6.45) is 0.421. The van der Waals surface area contributed by atoms with Crippen molar-refractivity contribution in [2.45, 2.75) is 26.1 Å². The fraction of sp³-hybridized carbons (Fsp3) is 0.833. The van der Waals surface area contributed by atoms with E-state index >= 15 is 0 Å². The number of hydrogen-bond acceptors (Lipinski definition) is 3. The predicted molar refractivity (Wildman–Crippen MR) is 45.9 cm³/mol. The Hall–Kier alpha value is 0.160. The molecule has 0 aromatic carbocycles. The third kappa shape index (κ3) is 4.99. The smallest absolute Gasteiger partial charge is 0.318 e. The highest BCUT2D eigenvalue weighted by Crippen LogP contribution is 1.99. The number of halogens is 1. The van der Waals surface area contributed by atoms with Gasteiger partial charge in [-0.1, -0.05) is 35.9 Å². The first-order valence-electron chi connectivity index (χ1n) is 3.14. The molecule has 1 unspecified atom stereocenters. The van der Waals surface area contributed by atoms with Gasteiger partial charge in [0.25, 0.3) is 0 Å². The molecule has 0 saturated heterocycles. The summed E-state index contributed by atoms with van der Waals surface area (Å²) in [6.45, 7) is 1.92. The third-order valence-corrected chi connectivity index (χ3v) is 1.54. The molecule has 0 aromatic heterocycles. The Morgan fingerprint density at radius 1 is 1.80 bits per heavy atom. The molecule has 0 aliphatic heterocycles. The molecule has 0 aliphatic carbocycles. The van der Waals surface area contributed by atoms with Crippen LogP contribution in [0.4, 0.5) is 0 Å². The minimum Gasteiger partial charge on any atom is -0.435 e. The number of ether oxygens (including phenoxy) is 1. The zero-order chi connectivity index (χ0) is 7.98. The standard InChI is InChI=1S/C6H11IO3/c1-2-3-5(8)10-6(9)4-7/h5,8H,2-4H2,1H3. The molecule has 3 nitrogen and oxygen atoms in total. The molecule has 0 saturated carbocycles. The summed E-state index contributed by atoms with van der Waals surface area (Å²) in [5, 5.41) is 8.90. The lowest BCUT2D eigenvalue weighted by molar-refractivity contribution is -0.164. The summed E-state index contributed by atoms with van der Waals surface area (Å²) in [4.78, 5) is 10.5. The van der Waals surface area contributed by atoms with Gasteiger partial charge in [-0.15, -0.1) is 0 Å². The van der Waals surface area contributed by atoms with Crippen LogP contribution in [0.15, 0.2) is 0 Å². The van der Waals surface area contributed by atoms with Gasteiger partial charge in [-0.2, -0.15) is 0 Å². The number of carbonyl (C=O) groups is 1. The van der Waals surface area contributed by atoms with Crippen LogP contribution in [-0.2, 0) is 9.53 Å². The second-order valence-corrected chi connectivity index (χ2v) is 2.63. The number of hydrogen-bond donors (Lipinski definition) is 1. The lowest BCUT2D eigenvalue weighted by atomic mass is 10.3. The number of alkyl halides is 1. The highest BCUT2D eigenvalue weighted by Gasteiger charge is 2.07.